The number of nitrogens with zero attached hydrogens (tertiary/aromatic N) is 1. The Balaban J connectivity index is 2.55. The highest BCUT2D eigenvalue weighted by Crippen LogP contribution is 2.24. The number of aliphatic carboxylic acids is 1. The fourth-order valence-electron chi connectivity index (χ4n) is 1.74. The van der Waals surface area contributed by atoms with E-state index in [9.17, 15) is 9.59 Å². The number of hydrogen-bond donors (Lipinski definition) is 2. The molecule has 0 heterocycles. The number of carboxylic acids is 1. The number of anilines is 1. The molecule has 20 heavy (non-hydrogen) atoms. The summed E-state index contributed by atoms with van der Waals surface area (Å²) in [5.74, 6) is -0.977. The first-order valence-electron chi connectivity index (χ1n) is 6.43. The molecule has 0 aliphatic carbocycles. The molecular weight excluding hydrogens is 276 g/mol. The second-order valence-electron chi connectivity index (χ2n) is 4.26. The van der Waals surface area contributed by atoms with Crippen molar-refractivity contribution >= 4 is 29.3 Å². The molecule has 0 unspecified atom stereocenters. The number of thioether (sulfide) groups is 1. The lowest BCUT2D eigenvalue weighted by atomic mass is 10.3. The predicted molar refractivity (Wildman–Crippen MR) is 81.2 cm³/mol. The lowest BCUT2D eigenvalue weighted by Crippen LogP contribution is -2.34. The number of carbonyl (C=O) groups is 2. The number of likely N-dealkylation sites (N-methyl/N-ethyl adjacent to an activating group) is 1. The number of amides is 1. The Kier molecular flexibility index (Phi) is 7.11. The predicted octanol–water partition coefficient (Wildman–Crippen LogP) is 2.14. The fourth-order valence-corrected chi connectivity index (χ4v) is 2.30. The first kappa shape index (κ1) is 16.5. The molecule has 0 fully saturated rings. The summed E-state index contributed by atoms with van der Waals surface area (Å²) in [7, 11) is 0. The zero-order valence-electron chi connectivity index (χ0n) is 11.8. The molecule has 0 bridgehead atoms. The van der Waals surface area contributed by atoms with Crippen LogP contribution >= 0.6 is 11.8 Å². The van der Waals surface area contributed by atoms with Crippen molar-refractivity contribution in [3.05, 3.63) is 24.3 Å². The van der Waals surface area contributed by atoms with Crippen LogP contribution in [-0.2, 0) is 9.59 Å². The maximum Gasteiger partial charge on any atom is 0.304 e. The smallest absolute Gasteiger partial charge is 0.304 e. The molecule has 2 N–H and O–H groups in total. The topological polar surface area (TPSA) is 69.6 Å². The highest BCUT2D eigenvalue weighted by molar-refractivity contribution is 7.98. The summed E-state index contributed by atoms with van der Waals surface area (Å²) in [5, 5.41) is 11.5. The fraction of sp³-hybridized carbons (Fsp3) is 0.429. The van der Waals surface area contributed by atoms with E-state index in [0.717, 1.165) is 10.6 Å². The molecule has 0 atom stereocenters. The molecule has 0 aliphatic heterocycles. The van der Waals surface area contributed by atoms with Gasteiger partial charge in [0.25, 0.3) is 0 Å². The lowest BCUT2D eigenvalue weighted by Gasteiger charge is -2.19. The number of benzene rings is 1. The van der Waals surface area contributed by atoms with Gasteiger partial charge in [0.1, 0.15) is 0 Å². The highest BCUT2D eigenvalue weighted by atomic mass is 32.2. The van der Waals surface area contributed by atoms with Crippen LogP contribution in [0.1, 0.15) is 13.3 Å². The summed E-state index contributed by atoms with van der Waals surface area (Å²) < 4.78 is 0. The van der Waals surface area contributed by atoms with Crippen LogP contribution in [0.25, 0.3) is 0 Å². The zero-order valence-corrected chi connectivity index (χ0v) is 12.6. The number of nitrogens with one attached hydrogen (secondary N) is 1. The van der Waals surface area contributed by atoms with Gasteiger partial charge in [-0.3, -0.25) is 14.5 Å². The van der Waals surface area contributed by atoms with E-state index in [1.54, 1.807) is 11.8 Å². The molecule has 0 spiro atoms. The van der Waals surface area contributed by atoms with E-state index in [-0.39, 0.29) is 18.9 Å². The summed E-state index contributed by atoms with van der Waals surface area (Å²) in [5.41, 5.74) is 0.791. The first-order chi connectivity index (χ1) is 9.56. The molecule has 0 radical (unpaired) electrons. The quantitative estimate of drug-likeness (QED) is 0.719. The Morgan fingerprint density at radius 1 is 1.35 bits per heavy atom. The third kappa shape index (κ3) is 5.63. The molecule has 110 valence electrons. The second-order valence-corrected chi connectivity index (χ2v) is 5.11. The van der Waals surface area contributed by atoms with Gasteiger partial charge in [0.05, 0.1) is 18.7 Å². The third-order valence-electron chi connectivity index (χ3n) is 2.84. The van der Waals surface area contributed by atoms with Gasteiger partial charge < -0.3 is 10.4 Å². The monoisotopic (exact) mass is 296 g/mol. The van der Waals surface area contributed by atoms with Gasteiger partial charge in [-0.2, -0.15) is 0 Å². The molecule has 5 nitrogen and oxygen atoms in total. The Hall–Kier alpha value is -1.53. The van der Waals surface area contributed by atoms with Crippen LogP contribution in [0.3, 0.4) is 0 Å². The molecule has 1 amide bonds. The first-order valence-corrected chi connectivity index (χ1v) is 7.66. The Bertz CT molecular complexity index is 465. The van der Waals surface area contributed by atoms with Crippen LogP contribution in [0.2, 0.25) is 0 Å². The van der Waals surface area contributed by atoms with E-state index in [1.165, 1.54) is 0 Å². The summed E-state index contributed by atoms with van der Waals surface area (Å²) in [6.45, 7) is 3.13. The largest absolute Gasteiger partial charge is 0.481 e. The normalized spacial score (nSPS) is 10.6. The summed E-state index contributed by atoms with van der Waals surface area (Å²) in [6.07, 6.45) is 2.00. The number of para-hydroxylation sites is 1. The third-order valence-corrected chi connectivity index (χ3v) is 3.63. The van der Waals surface area contributed by atoms with Crippen molar-refractivity contribution in [3.8, 4) is 0 Å². The van der Waals surface area contributed by atoms with Gasteiger partial charge in [0.2, 0.25) is 5.91 Å². The van der Waals surface area contributed by atoms with Crippen molar-refractivity contribution in [1.82, 2.24) is 4.90 Å². The van der Waals surface area contributed by atoms with E-state index in [1.807, 2.05) is 42.3 Å². The Labute approximate surface area is 123 Å². The van der Waals surface area contributed by atoms with Crippen molar-refractivity contribution in [2.75, 3.05) is 31.2 Å². The van der Waals surface area contributed by atoms with Crippen molar-refractivity contribution in [2.24, 2.45) is 0 Å². The number of carboxylic acid groups (broad SMARTS) is 1. The number of hydrogen-bond acceptors (Lipinski definition) is 4. The van der Waals surface area contributed by atoms with E-state index in [0.29, 0.717) is 13.1 Å². The van der Waals surface area contributed by atoms with Crippen LogP contribution in [0.15, 0.2) is 29.2 Å². The maximum absolute atomic E-state index is 12.0. The maximum atomic E-state index is 12.0. The molecule has 1 aromatic rings. The molecule has 1 rings (SSSR count). The Morgan fingerprint density at radius 3 is 2.65 bits per heavy atom. The molecular formula is C14H20N2O3S. The summed E-state index contributed by atoms with van der Waals surface area (Å²) in [4.78, 5) is 25.4. The number of carbonyl (C=O) groups excluding carboxylic acids is 1. The van der Waals surface area contributed by atoms with Crippen LogP contribution in [0.5, 0.6) is 0 Å². The molecule has 6 heteroatoms. The standard InChI is InChI=1S/C14H20N2O3S/c1-3-16(9-8-14(18)19)10-13(17)15-11-6-4-5-7-12(11)20-2/h4-7H,3,8-10H2,1-2H3,(H,15,17)(H,18,19). The van der Waals surface area contributed by atoms with Gasteiger partial charge in [0, 0.05) is 11.4 Å². The van der Waals surface area contributed by atoms with Gasteiger partial charge in [-0.15, -0.1) is 11.8 Å². The van der Waals surface area contributed by atoms with E-state index in [4.69, 9.17) is 5.11 Å². The van der Waals surface area contributed by atoms with Crippen LogP contribution in [-0.4, -0.2) is 47.8 Å². The number of rotatable bonds is 8. The van der Waals surface area contributed by atoms with Crippen molar-refractivity contribution in [3.63, 3.8) is 0 Å². The van der Waals surface area contributed by atoms with Crippen LogP contribution < -0.4 is 5.32 Å². The average molecular weight is 296 g/mol. The minimum atomic E-state index is -0.850. The lowest BCUT2D eigenvalue weighted by molar-refractivity contribution is -0.137. The molecule has 0 saturated heterocycles. The van der Waals surface area contributed by atoms with E-state index < -0.39 is 5.97 Å². The SMILES string of the molecule is CCN(CCC(=O)O)CC(=O)Nc1ccccc1SC. The molecule has 0 saturated carbocycles. The van der Waals surface area contributed by atoms with Gasteiger partial charge in [-0.25, -0.2) is 0 Å². The minimum Gasteiger partial charge on any atom is -0.481 e. The van der Waals surface area contributed by atoms with Gasteiger partial charge in [-0.1, -0.05) is 19.1 Å². The van der Waals surface area contributed by atoms with Crippen LogP contribution in [0, 0.1) is 0 Å². The summed E-state index contributed by atoms with van der Waals surface area (Å²) >= 11 is 1.57. The molecule has 0 aromatic heterocycles. The van der Waals surface area contributed by atoms with Crippen LogP contribution in [0.4, 0.5) is 5.69 Å². The van der Waals surface area contributed by atoms with Gasteiger partial charge >= 0.3 is 5.97 Å². The Morgan fingerprint density at radius 2 is 2.05 bits per heavy atom. The van der Waals surface area contributed by atoms with Crippen molar-refractivity contribution in [1.29, 1.82) is 0 Å². The van der Waals surface area contributed by atoms with Gasteiger partial charge in [-0.05, 0) is 24.9 Å². The van der Waals surface area contributed by atoms with Crippen molar-refractivity contribution in [2.45, 2.75) is 18.2 Å². The zero-order chi connectivity index (χ0) is 15.0. The average Bonchev–Trinajstić information content (AvgIpc) is 2.43. The van der Waals surface area contributed by atoms with E-state index in [2.05, 4.69) is 5.32 Å². The van der Waals surface area contributed by atoms with E-state index >= 15 is 0 Å². The molecule has 1 aromatic carbocycles. The molecule has 0 aliphatic rings. The summed E-state index contributed by atoms with van der Waals surface area (Å²) in [6, 6.07) is 7.60. The highest BCUT2D eigenvalue weighted by Gasteiger charge is 2.12. The van der Waals surface area contributed by atoms with Crippen molar-refractivity contribution < 1.29 is 14.7 Å². The van der Waals surface area contributed by atoms with Gasteiger partial charge in [0.15, 0.2) is 0 Å². The second kappa shape index (κ2) is 8.60. The minimum absolute atomic E-state index is 0.0442.